The molecule has 1 aliphatic rings. The van der Waals surface area contributed by atoms with Crippen LogP contribution in [0.3, 0.4) is 0 Å². The number of aryl methyl sites for hydroxylation is 2. The Morgan fingerprint density at radius 2 is 2.21 bits per heavy atom. The molecule has 1 saturated heterocycles. The molecule has 0 unspecified atom stereocenters. The largest absolute Gasteiger partial charge is 0.369 e. The highest BCUT2D eigenvalue weighted by Gasteiger charge is 2.36. The van der Waals surface area contributed by atoms with Gasteiger partial charge in [0.15, 0.2) is 0 Å². The zero-order valence-corrected chi connectivity index (χ0v) is 14.6. The molecule has 1 aliphatic heterocycles. The van der Waals surface area contributed by atoms with Crippen molar-refractivity contribution in [1.82, 2.24) is 14.9 Å². The number of nitrogens with zero attached hydrogens (tertiary/aromatic N) is 2. The molecule has 5 nitrogen and oxygen atoms in total. The molecule has 1 aromatic heterocycles. The fourth-order valence-corrected chi connectivity index (χ4v) is 3.27. The third-order valence-corrected chi connectivity index (χ3v) is 4.80. The average molecular weight is 327 g/mol. The van der Waals surface area contributed by atoms with Gasteiger partial charge >= 0.3 is 0 Å². The van der Waals surface area contributed by atoms with E-state index in [1.165, 1.54) is 11.1 Å². The summed E-state index contributed by atoms with van der Waals surface area (Å²) in [6.45, 7) is 5.49. The number of rotatable bonds is 4. The maximum absolute atomic E-state index is 13.0. The summed E-state index contributed by atoms with van der Waals surface area (Å²) in [5, 5.41) is 0. The molecule has 0 radical (unpaired) electrons. The molecule has 0 aliphatic carbocycles. The van der Waals surface area contributed by atoms with Gasteiger partial charge in [0, 0.05) is 32.6 Å². The fraction of sp³-hybridized carbons (Fsp3) is 0.474. The van der Waals surface area contributed by atoms with Crippen molar-refractivity contribution in [3.63, 3.8) is 0 Å². The highest BCUT2D eigenvalue weighted by molar-refractivity contribution is 5.79. The van der Waals surface area contributed by atoms with Crippen molar-refractivity contribution in [2.75, 3.05) is 13.7 Å². The number of carbonyl (C=O) groups excluding carboxylic acids is 1. The minimum atomic E-state index is -0.275. The first-order valence-corrected chi connectivity index (χ1v) is 8.48. The number of benzene rings is 1. The quantitative estimate of drug-likeness (QED) is 0.938. The number of hydrogen-bond acceptors (Lipinski definition) is 3. The van der Waals surface area contributed by atoms with Crippen LogP contribution in [0.2, 0.25) is 0 Å². The highest BCUT2D eigenvalue weighted by Crippen LogP contribution is 2.33. The molecule has 2 aromatic rings. The lowest BCUT2D eigenvalue weighted by Crippen LogP contribution is -2.38. The first-order chi connectivity index (χ1) is 11.6. The van der Waals surface area contributed by atoms with Crippen LogP contribution < -0.4 is 0 Å². The number of imidazole rings is 1. The van der Waals surface area contributed by atoms with Gasteiger partial charge < -0.3 is 14.6 Å². The fourth-order valence-electron chi connectivity index (χ4n) is 3.27. The van der Waals surface area contributed by atoms with Gasteiger partial charge in [-0.2, -0.15) is 0 Å². The molecule has 1 amide bonds. The van der Waals surface area contributed by atoms with Gasteiger partial charge in [-0.15, -0.1) is 0 Å². The van der Waals surface area contributed by atoms with Gasteiger partial charge in [-0.25, -0.2) is 4.98 Å². The van der Waals surface area contributed by atoms with Gasteiger partial charge in [-0.1, -0.05) is 18.2 Å². The second kappa shape index (κ2) is 7.18. The van der Waals surface area contributed by atoms with E-state index in [0.717, 1.165) is 24.2 Å². The zero-order chi connectivity index (χ0) is 17.1. The maximum Gasteiger partial charge on any atom is 0.228 e. The van der Waals surface area contributed by atoms with Crippen LogP contribution in [0.15, 0.2) is 30.6 Å². The molecule has 0 spiro atoms. The van der Waals surface area contributed by atoms with Crippen LogP contribution in [0.4, 0.5) is 0 Å². The molecule has 2 heterocycles. The van der Waals surface area contributed by atoms with Crippen molar-refractivity contribution in [3.8, 4) is 0 Å². The van der Waals surface area contributed by atoms with Crippen LogP contribution >= 0.6 is 0 Å². The number of aromatic amines is 1. The molecule has 2 atom stereocenters. The first kappa shape index (κ1) is 16.7. The molecule has 1 N–H and O–H groups in total. The van der Waals surface area contributed by atoms with E-state index in [4.69, 9.17) is 4.74 Å². The van der Waals surface area contributed by atoms with Gasteiger partial charge in [0.25, 0.3) is 0 Å². The number of carbonyl (C=O) groups is 1. The van der Waals surface area contributed by atoms with Gasteiger partial charge in [0.05, 0.1) is 5.92 Å². The van der Waals surface area contributed by atoms with E-state index in [1.54, 1.807) is 17.3 Å². The number of hydrogen-bond donors (Lipinski definition) is 1. The molecule has 1 fully saturated rings. The Kier molecular flexibility index (Phi) is 5.00. The monoisotopic (exact) mass is 327 g/mol. The normalized spacial score (nSPS) is 20.8. The summed E-state index contributed by atoms with van der Waals surface area (Å²) < 4.78 is 5.85. The standard InChI is InChI=1S/C19H25N3O2/c1-13-6-7-15(11-14(13)2)12-22(3)19(23)16-5-4-10-24-17(16)18-20-8-9-21-18/h6-9,11,16-17H,4-5,10,12H2,1-3H3,(H,20,21)/t16-,17-/m1/s1. The molecule has 5 heteroatoms. The van der Waals surface area contributed by atoms with E-state index >= 15 is 0 Å². The molecular weight excluding hydrogens is 302 g/mol. The Bertz CT molecular complexity index is 697. The second-order valence-electron chi connectivity index (χ2n) is 6.63. The average Bonchev–Trinajstić information content (AvgIpc) is 3.12. The van der Waals surface area contributed by atoms with Crippen molar-refractivity contribution >= 4 is 5.91 Å². The van der Waals surface area contributed by atoms with Gasteiger partial charge in [0.2, 0.25) is 5.91 Å². The van der Waals surface area contributed by atoms with E-state index in [2.05, 4.69) is 42.0 Å². The molecule has 0 saturated carbocycles. The lowest BCUT2D eigenvalue weighted by Gasteiger charge is -2.32. The molecule has 1 aromatic carbocycles. The zero-order valence-electron chi connectivity index (χ0n) is 14.6. The van der Waals surface area contributed by atoms with Crippen LogP contribution in [-0.2, 0) is 16.1 Å². The van der Waals surface area contributed by atoms with E-state index in [1.807, 2.05) is 7.05 Å². The van der Waals surface area contributed by atoms with Crippen LogP contribution in [-0.4, -0.2) is 34.4 Å². The van der Waals surface area contributed by atoms with Gasteiger partial charge in [0.1, 0.15) is 11.9 Å². The van der Waals surface area contributed by atoms with Crippen LogP contribution in [0.25, 0.3) is 0 Å². The van der Waals surface area contributed by atoms with Crippen molar-refractivity contribution < 1.29 is 9.53 Å². The molecule has 0 bridgehead atoms. The summed E-state index contributed by atoms with van der Waals surface area (Å²) in [4.78, 5) is 22.1. The second-order valence-corrected chi connectivity index (χ2v) is 6.63. The number of H-pyrrole nitrogens is 1. The highest BCUT2D eigenvalue weighted by atomic mass is 16.5. The summed E-state index contributed by atoms with van der Waals surface area (Å²) >= 11 is 0. The third kappa shape index (κ3) is 3.51. The Balaban J connectivity index is 1.72. The van der Waals surface area contributed by atoms with Crippen LogP contribution in [0.1, 0.15) is 41.5 Å². The third-order valence-electron chi connectivity index (χ3n) is 4.80. The van der Waals surface area contributed by atoms with Crippen LogP contribution in [0.5, 0.6) is 0 Å². The molecular formula is C19H25N3O2. The van der Waals surface area contributed by atoms with E-state index in [9.17, 15) is 4.79 Å². The Morgan fingerprint density at radius 3 is 2.92 bits per heavy atom. The topological polar surface area (TPSA) is 58.2 Å². The van der Waals surface area contributed by atoms with Gasteiger partial charge in [-0.05, 0) is 43.4 Å². The van der Waals surface area contributed by atoms with Crippen LogP contribution in [0, 0.1) is 19.8 Å². The lowest BCUT2D eigenvalue weighted by molar-refractivity contribution is -0.145. The van der Waals surface area contributed by atoms with Gasteiger partial charge in [-0.3, -0.25) is 4.79 Å². The minimum Gasteiger partial charge on any atom is -0.369 e. The van der Waals surface area contributed by atoms with Crippen molar-refractivity contribution in [1.29, 1.82) is 0 Å². The summed E-state index contributed by atoms with van der Waals surface area (Å²) in [6, 6.07) is 6.35. The Labute approximate surface area is 143 Å². The number of aromatic nitrogens is 2. The number of ether oxygens (including phenoxy) is 1. The van der Waals surface area contributed by atoms with Crippen molar-refractivity contribution in [2.24, 2.45) is 5.92 Å². The van der Waals surface area contributed by atoms with E-state index in [-0.39, 0.29) is 17.9 Å². The lowest BCUT2D eigenvalue weighted by atomic mass is 9.92. The summed E-state index contributed by atoms with van der Waals surface area (Å²) in [7, 11) is 1.87. The molecule has 24 heavy (non-hydrogen) atoms. The molecule has 128 valence electrons. The first-order valence-electron chi connectivity index (χ1n) is 8.48. The van der Waals surface area contributed by atoms with E-state index < -0.39 is 0 Å². The minimum absolute atomic E-state index is 0.120. The summed E-state index contributed by atoms with van der Waals surface area (Å²) in [6.07, 6.45) is 4.94. The van der Waals surface area contributed by atoms with Crippen molar-refractivity contribution in [3.05, 3.63) is 53.1 Å². The van der Waals surface area contributed by atoms with Crippen molar-refractivity contribution in [2.45, 2.75) is 39.3 Å². The summed E-state index contributed by atoms with van der Waals surface area (Å²) in [5.74, 6) is 0.684. The number of amides is 1. The smallest absolute Gasteiger partial charge is 0.228 e. The molecule has 3 rings (SSSR count). The predicted molar refractivity (Wildman–Crippen MR) is 92.4 cm³/mol. The Morgan fingerprint density at radius 1 is 1.38 bits per heavy atom. The predicted octanol–water partition coefficient (Wildman–Crippen LogP) is 3.15. The summed E-state index contributed by atoms with van der Waals surface area (Å²) in [5.41, 5.74) is 3.68. The van der Waals surface area contributed by atoms with E-state index in [0.29, 0.717) is 13.2 Å². The maximum atomic E-state index is 13.0. The SMILES string of the molecule is Cc1ccc(CN(C)C(=O)[C@@H]2CCCO[C@H]2c2ncc[nH]2)cc1C. The number of nitrogens with one attached hydrogen (secondary N) is 1. The Hall–Kier alpha value is -2.14.